The highest BCUT2D eigenvalue weighted by molar-refractivity contribution is 7.89. The highest BCUT2D eigenvalue weighted by atomic mass is 32.2. The van der Waals surface area contributed by atoms with Crippen LogP contribution >= 0.6 is 0 Å². The zero-order chi connectivity index (χ0) is 18.6. The van der Waals surface area contributed by atoms with E-state index in [1.165, 1.54) is 19.1 Å². The molecule has 8 heteroatoms. The Labute approximate surface area is 148 Å². The minimum absolute atomic E-state index is 0.0676. The molecule has 0 spiro atoms. The van der Waals surface area contributed by atoms with Crippen LogP contribution in [-0.2, 0) is 26.0 Å². The lowest BCUT2D eigenvalue weighted by Crippen LogP contribution is -2.38. The van der Waals surface area contributed by atoms with Crippen molar-refractivity contribution in [2.75, 3.05) is 25.0 Å². The average molecular weight is 367 g/mol. The Morgan fingerprint density at radius 1 is 1.32 bits per heavy atom. The van der Waals surface area contributed by atoms with E-state index in [2.05, 4.69) is 23.9 Å². The molecule has 0 saturated carbocycles. The number of carbonyl (C=O) groups is 2. The Hall–Kier alpha value is -1.93. The maximum Gasteiger partial charge on any atom is 0.240 e. The van der Waals surface area contributed by atoms with Gasteiger partial charge in [-0.25, -0.2) is 13.1 Å². The zero-order valence-electron chi connectivity index (χ0n) is 14.8. The first kappa shape index (κ1) is 19.4. The van der Waals surface area contributed by atoms with Gasteiger partial charge in [-0.15, -0.1) is 0 Å². The van der Waals surface area contributed by atoms with Gasteiger partial charge in [-0.05, 0) is 36.1 Å². The number of amides is 2. The highest BCUT2D eigenvalue weighted by Gasteiger charge is 2.22. The predicted molar refractivity (Wildman–Crippen MR) is 95.7 cm³/mol. The molecule has 2 rings (SSSR count). The third kappa shape index (κ3) is 5.27. The number of rotatable bonds is 8. The first-order valence-corrected chi connectivity index (χ1v) is 9.85. The largest absolute Gasteiger partial charge is 0.342 e. The monoisotopic (exact) mass is 367 g/mol. The van der Waals surface area contributed by atoms with E-state index in [9.17, 15) is 18.0 Å². The normalized spacial score (nSPS) is 13.7. The molecule has 1 heterocycles. The number of nitrogens with zero attached hydrogens (tertiary/aromatic N) is 1. The molecule has 1 aliphatic rings. The van der Waals surface area contributed by atoms with E-state index in [-0.39, 0.29) is 29.7 Å². The van der Waals surface area contributed by atoms with Gasteiger partial charge in [0, 0.05) is 32.2 Å². The molecule has 7 nitrogen and oxygen atoms in total. The van der Waals surface area contributed by atoms with E-state index < -0.39 is 10.0 Å². The van der Waals surface area contributed by atoms with Gasteiger partial charge in [0.25, 0.3) is 0 Å². The smallest absolute Gasteiger partial charge is 0.240 e. The summed E-state index contributed by atoms with van der Waals surface area (Å²) >= 11 is 0. The van der Waals surface area contributed by atoms with Crippen LogP contribution < -0.4 is 10.0 Å². The Kier molecular flexibility index (Phi) is 6.18. The minimum atomic E-state index is -3.68. The van der Waals surface area contributed by atoms with E-state index in [4.69, 9.17) is 0 Å². The van der Waals surface area contributed by atoms with Crippen molar-refractivity contribution in [2.24, 2.45) is 5.92 Å². The second kappa shape index (κ2) is 7.97. The maximum absolute atomic E-state index is 12.4. The number of benzene rings is 1. The van der Waals surface area contributed by atoms with Crippen molar-refractivity contribution in [1.82, 2.24) is 9.62 Å². The average Bonchev–Trinajstić information content (AvgIpc) is 2.89. The number of sulfonamides is 1. The van der Waals surface area contributed by atoms with Crippen LogP contribution in [0.15, 0.2) is 23.1 Å². The summed E-state index contributed by atoms with van der Waals surface area (Å²) in [6, 6.07) is 4.57. The lowest BCUT2D eigenvalue weighted by atomic mass is 10.1. The molecule has 2 N–H and O–H groups in total. The topological polar surface area (TPSA) is 95.6 Å². The number of hydrogen-bond acceptors (Lipinski definition) is 4. The highest BCUT2D eigenvalue weighted by Crippen LogP contribution is 2.25. The Morgan fingerprint density at radius 2 is 2.04 bits per heavy atom. The summed E-state index contributed by atoms with van der Waals surface area (Å²) < 4.78 is 27.3. The molecule has 1 aromatic carbocycles. The lowest BCUT2D eigenvalue weighted by molar-refractivity contribution is -0.129. The number of fused-ring (bicyclic) bond motifs is 1. The fraction of sp³-hybridized carbons (Fsp3) is 0.529. The van der Waals surface area contributed by atoms with E-state index in [0.717, 1.165) is 6.42 Å². The van der Waals surface area contributed by atoms with Crippen LogP contribution in [0.3, 0.4) is 0 Å². The Morgan fingerprint density at radius 3 is 2.68 bits per heavy atom. The molecule has 0 atom stereocenters. The fourth-order valence-electron chi connectivity index (χ4n) is 2.61. The molecule has 138 valence electrons. The second-order valence-electron chi connectivity index (χ2n) is 6.63. The molecular formula is C17H25N3O4S. The molecule has 0 bridgehead atoms. The summed E-state index contributed by atoms with van der Waals surface area (Å²) in [5.74, 6) is 0.267. The van der Waals surface area contributed by atoms with Gasteiger partial charge in [0.05, 0.1) is 11.3 Å². The molecular weight excluding hydrogens is 342 g/mol. The van der Waals surface area contributed by atoms with Crippen LogP contribution in [0, 0.1) is 5.92 Å². The van der Waals surface area contributed by atoms with Crippen LogP contribution in [0.5, 0.6) is 0 Å². The summed E-state index contributed by atoms with van der Waals surface area (Å²) in [6.07, 6.45) is 1.06. The van der Waals surface area contributed by atoms with E-state index in [0.29, 0.717) is 30.3 Å². The Balaban J connectivity index is 1.96. The minimum Gasteiger partial charge on any atom is -0.342 e. The van der Waals surface area contributed by atoms with Crippen molar-refractivity contribution in [3.05, 3.63) is 23.8 Å². The summed E-state index contributed by atoms with van der Waals surface area (Å²) in [6.45, 7) is 6.73. The molecule has 1 aliphatic heterocycles. The van der Waals surface area contributed by atoms with Crippen LogP contribution in [0.1, 0.15) is 32.8 Å². The molecule has 2 amide bonds. The molecule has 1 aromatic rings. The van der Waals surface area contributed by atoms with Crippen molar-refractivity contribution in [3.8, 4) is 0 Å². The van der Waals surface area contributed by atoms with Gasteiger partial charge in [0.15, 0.2) is 0 Å². The van der Waals surface area contributed by atoms with Crippen molar-refractivity contribution in [2.45, 2.75) is 38.5 Å². The summed E-state index contributed by atoms with van der Waals surface area (Å²) in [4.78, 5) is 24.8. The molecule has 0 saturated heterocycles. The number of anilines is 1. The van der Waals surface area contributed by atoms with Gasteiger partial charge >= 0.3 is 0 Å². The molecule has 0 aliphatic carbocycles. The van der Waals surface area contributed by atoms with E-state index in [1.54, 1.807) is 11.0 Å². The summed E-state index contributed by atoms with van der Waals surface area (Å²) in [7, 11) is -3.68. The fourth-order valence-corrected chi connectivity index (χ4v) is 3.68. The predicted octanol–water partition coefficient (Wildman–Crippen LogP) is 1.35. The molecule has 0 radical (unpaired) electrons. The molecule has 0 unspecified atom stereocenters. The zero-order valence-corrected chi connectivity index (χ0v) is 15.6. The number of hydrogen-bond donors (Lipinski definition) is 2. The van der Waals surface area contributed by atoms with Gasteiger partial charge in [-0.1, -0.05) is 13.8 Å². The number of nitrogens with one attached hydrogen (secondary N) is 2. The SMILES string of the molecule is CC(=O)N(CCNS(=O)(=O)c1ccc2c(c1)CC(=O)N2)CCC(C)C. The maximum atomic E-state index is 12.4. The Bertz CT molecular complexity index is 759. The van der Waals surface area contributed by atoms with Gasteiger partial charge in [-0.3, -0.25) is 9.59 Å². The van der Waals surface area contributed by atoms with Crippen molar-refractivity contribution in [1.29, 1.82) is 0 Å². The third-order valence-electron chi connectivity index (χ3n) is 4.11. The van der Waals surface area contributed by atoms with E-state index >= 15 is 0 Å². The van der Waals surface area contributed by atoms with Gasteiger partial charge < -0.3 is 10.2 Å². The van der Waals surface area contributed by atoms with Crippen LogP contribution in [-0.4, -0.2) is 44.8 Å². The first-order chi connectivity index (χ1) is 11.7. The van der Waals surface area contributed by atoms with Crippen LogP contribution in [0.25, 0.3) is 0 Å². The molecule has 0 fully saturated rings. The second-order valence-corrected chi connectivity index (χ2v) is 8.40. The van der Waals surface area contributed by atoms with Crippen LogP contribution in [0.2, 0.25) is 0 Å². The van der Waals surface area contributed by atoms with E-state index in [1.807, 2.05) is 0 Å². The van der Waals surface area contributed by atoms with Crippen molar-refractivity contribution >= 4 is 27.5 Å². The third-order valence-corrected chi connectivity index (χ3v) is 5.57. The first-order valence-electron chi connectivity index (χ1n) is 8.37. The van der Waals surface area contributed by atoms with Crippen LogP contribution in [0.4, 0.5) is 5.69 Å². The lowest BCUT2D eigenvalue weighted by Gasteiger charge is -2.22. The molecule has 0 aromatic heterocycles. The summed E-state index contributed by atoms with van der Waals surface area (Å²) in [5.41, 5.74) is 1.33. The standard InChI is InChI=1S/C17H25N3O4S/c1-12(2)6-8-20(13(3)21)9-7-18-25(23,24)15-4-5-16-14(10-15)11-17(22)19-16/h4-5,10,12,18H,6-9,11H2,1-3H3,(H,19,22). The molecule has 25 heavy (non-hydrogen) atoms. The van der Waals surface area contributed by atoms with Gasteiger partial charge in [0.1, 0.15) is 0 Å². The quantitative estimate of drug-likeness (QED) is 0.725. The number of carbonyl (C=O) groups excluding carboxylic acids is 2. The van der Waals surface area contributed by atoms with Crippen molar-refractivity contribution in [3.63, 3.8) is 0 Å². The van der Waals surface area contributed by atoms with Gasteiger partial charge in [0.2, 0.25) is 21.8 Å². The summed E-state index contributed by atoms with van der Waals surface area (Å²) in [5, 5.41) is 2.67. The van der Waals surface area contributed by atoms with Gasteiger partial charge in [-0.2, -0.15) is 0 Å². The van der Waals surface area contributed by atoms with Crippen molar-refractivity contribution < 1.29 is 18.0 Å².